The van der Waals surface area contributed by atoms with E-state index in [0.29, 0.717) is 0 Å². The van der Waals surface area contributed by atoms with Gasteiger partial charge in [-0.3, -0.25) is 0 Å². The van der Waals surface area contributed by atoms with Crippen LogP contribution in [0.5, 0.6) is 0 Å². The molecule has 0 amide bonds. The van der Waals surface area contributed by atoms with Crippen LogP contribution in [0.15, 0.2) is 40.5 Å². The largest absolute Gasteiger partial charge is 0.322 e. The van der Waals surface area contributed by atoms with Gasteiger partial charge in [-0.1, -0.05) is 18.2 Å². The predicted octanol–water partition coefficient (Wildman–Crippen LogP) is 3.60. The van der Waals surface area contributed by atoms with E-state index in [4.69, 9.17) is 5.73 Å². The fourth-order valence-electron chi connectivity index (χ4n) is 1.94. The molecule has 0 bridgehead atoms. The molecular weight excluding hydrogens is 248 g/mol. The number of hydrogen-bond donors (Lipinski definition) is 1. The summed E-state index contributed by atoms with van der Waals surface area (Å²) >= 11 is 3.38. The highest BCUT2D eigenvalue weighted by Gasteiger charge is 2.11. The van der Waals surface area contributed by atoms with E-state index in [-0.39, 0.29) is 6.04 Å². The van der Waals surface area contributed by atoms with Crippen LogP contribution in [0.3, 0.4) is 0 Å². The second-order valence-electron chi connectivity index (χ2n) is 3.98. The molecule has 2 nitrogen and oxygen atoms in total. The molecule has 0 fully saturated rings. The molecule has 0 saturated carbocycles. The second kappa shape index (κ2) is 4.56. The molecule has 0 saturated heterocycles. The SMILES string of the molecule is NC(Cc1csc2ccccc12)c1cscn1. The number of thiophene rings is 1. The molecule has 0 radical (unpaired) electrons. The van der Waals surface area contributed by atoms with E-state index in [1.54, 1.807) is 22.7 Å². The lowest BCUT2D eigenvalue weighted by molar-refractivity contribution is 0.706. The van der Waals surface area contributed by atoms with Crippen molar-refractivity contribution in [2.24, 2.45) is 5.73 Å². The predicted molar refractivity (Wildman–Crippen MR) is 74.6 cm³/mol. The summed E-state index contributed by atoms with van der Waals surface area (Å²) < 4.78 is 1.33. The highest BCUT2D eigenvalue weighted by atomic mass is 32.1. The molecule has 0 aliphatic heterocycles. The van der Waals surface area contributed by atoms with E-state index in [2.05, 4.69) is 34.6 Å². The van der Waals surface area contributed by atoms with Gasteiger partial charge in [-0.2, -0.15) is 0 Å². The van der Waals surface area contributed by atoms with Crippen molar-refractivity contribution in [2.45, 2.75) is 12.5 Å². The topological polar surface area (TPSA) is 38.9 Å². The third kappa shape index (κ3) is 2.11. The first-order valence-electron chi connectivity index (χ1n) is 5.43. The van der Waals surface area contributed by atoms with Gasteiger partial charge in [-0.05, 0) is 28.8 Å². The third-order valence-electron chi connectivity index (χ3n) is 2.83. The van der Waals surface area contributed by atoms with Gasteiger partial charge in [0, 0.05) is 10.1 Å². The minimum absolute atomic E-state index is 0.000689. The lowest BCUT2D eigenvalue weighted by atomic mass is 10.0. The Hall–Kier alpha value is -1.23. The molecule has 3 aromatic rings. The Bertz CT molecular complexity index is 613. The maximum atomic E-state index is 6.17. The van der Waals surface area contributed by atoms with Gasteiger partial charge < -0.3 is 5.73 Å². The number of aromatic nitrogens is 1. The van der Waals surface area contributed by atoms with Gasteiger partial charge in [0.25, 0.3) is 0 Å². The van der Waals surface area contributed by atoms with E-state index < -0.39 is 0 Å². The molecule has 0 aliphatic rings. The zero-order valence-corrected chi connectivity index (χ0v) is 10.8. The van der Waals surface area contributed by atoms with Crippen LogP contribution in [0, 0.1) is 0 Å². The monoisotopic (exact) mass is 260 g/mol. The maximum absolute atomic E-state index is 6.17. The Balaban J connectivity index is 1.90. The van der Waals surface area contributed by atoms with Crippen LogP contribution in [-0.4, -0.2) is 4.98 Å². The summed E-state index contributed by atoms with van der Waals surface area (Å²) in [6, 6.07) is 8.46. The van der Waals surface area contributed by atoms with Crippen molar-refractivity contribution in [1.29, 1.82) is 0 Å². The highest BCUT2D eigenvalue weighted by Crippen LogP contribution is 2.28. The summed E-state index contributed by atoms with van der Waals surface area (Å²) in [6.07, 6.45) is 0.855. The Morgan fingerprint density at radius 1 is 1.24 bits per heavy atom. The van der Waals surface area contributed by atoms with E-state index in [1.807, 2.05) is 10.9 Å². The quantitative estimate of drug-likeness (QED) is 0.781. The number of benzene rings is 1. The van der Waals surface area contributed by atoms with Gasteiger partial charge in [0.05, 0.1) is 17.2 Å². The Morgan fingerprint density at radius 2 is 2.12 bits per heavy atom. The first kappa shape index (κ1) is 10.9. The summed E-state index contributed by atoms with van der Waals surface area (Å²) in [5.41, 5.74) is 10.3. The van der Waals surface area contributed by atoms with E-state index in [9.17, 15) is 0 Å². The van der Waals surface area contributed by atoms with Crippen LogP contribution in [0.1, 0.15) is 17.3 Å². The molecule has 3 rings (SSSR count). The van der Waals surface area contributed by atoms with Crippen molar-refractivity contribution in [3.63, 3.8) is 0 Å². The molecule has 4 heteroatoms. The second-order valence-corrected chi connectivity index (χ2v) is 5.61. The molecule has 2 aromatic heterocycles. The zero-order valence-electron chi connectivity index (χ0n) is 9.17. The van der Waals surface area contributed by atoms with E-state index in [1.165, 1.54) is 15.6 Å². The summed E-state index contributed by atoms with van der Waals surface area (Å²) in [7, 11) is 0. The van der Waals surface area contributed by atoms with Crippen molar-refractivity contribution in [1.82, 2.24) is 4.98 Å². The first-order chi connectivity index (χ1) is 8.34. The van der Waals surface area contributed by atoms with Crippen molar-refractivity contribution in [2.75, 3.05) is 0 Å². The van der Waals surface area contributed by atoms with Crippen LogP contribution in [0.25, 0.3) is 10.1 Å². The van der Waals surface area contributed by atoms with E-state index >= 15 is 0 Å². The number of nitrogens with two attached hydrogens (primary N) is 1. The maximum Gasteiger partial charge on any atom is 0.0795 e. The fraction of sp³-hybridized carbons (Fsp3) is 0.154. The highest BCUT2D eigenvalue weighted by molar-refractivity contribution is 7.17. The van der Waals surface area contributed by atoms with Gasteiger partial charge in [0.2, 0.25) is 0 Å². The molecule has 0 spiro atoms. The molecule has 1 atom stereocenters. The van der Waals surface area contributed by atoms with Crippen LogP contribution < -0.4 is 5.73 Å². The molecule has 0 aliphatic carbocycles. The van der Waals surface area contributed by atoms with Crippen molar-refractivity contribution < 1.29 is 0 Å². The molecular formula is C13H12N2S2. The normalized spacial score (nSPS) is 13.0. The Kier molecular flexibility index (Phi) is 2.93. The fourth-order valence-corrected chi connectivity index (χ4v) is 3.53. The lowest BCUT2D eigenvalue weighted by Crippen LogP contribution is -2.13. The zero-order chi connectivity index (χ0) is 11.7. The van der Waals surface area contributed by atoms with Crippen LogP contribution in [0.4, 0.5) is 0 Å². The number of hydrogen-bond acceptors (Lipinski definition) is 4. The summed E-state index contributed by atoms with van der Waals surface area (Å²) in [4.78, 5) is 4.27. The minimum atomic E-state index is -0.000689. The van der Waals surface area contributed by atoms with Crippen LogP contribution in [-0.2, 0) is 6.42 Å². The van der Waals surface area contributed by atoms with Gasteiger partial charge in [-0.25, -0.2) is 4.98 Å². The van der Waals surface area contributed by atoms with Gasteiger partial charge >= 0.3 is 0 Å². The Morgan fingerprint density at radius 3 is 2.94 bits per heavy atom. The van der Waals surface area contributed by atoms with Crippen molar-refractivity contribution >= 4 is 32.8 Å². The average molecular weight is 260 g/mol. The van der Waals surface area contributed by atoms with Gasteiger partial charge in [0.15, 0.2) is 0 Å². The number of rotatable bonds is 3. The number of fused-ring (bicyclic) bond motifs is 1. The number of thiazole rings is 1. The smallest absolute Gasteiger partial charge is 0.0795 e. The summed E-state index contributed by atoms with van der Waals surface area (Å²) in [5.74, 6) is 0. The first-order valence-corrected chi connectivity index (χ1v) is 7.25. The summed E-state index contributed by atoms with van der Waals surface area (Å²) in [6.45, 7) is 0. The molecule has 1 unspecified atom stereocenters. The minimum Gasteiger partial charge on any atom is -0.322 e. The third-order valence-corrected chi connectivity index (χ3v) is 4.45. The Labute approximate surface area is 108 Å². The average Bonchev–Trinajstić information content (AvgIpc) is 2.98. The van der Waals surface area contributed by atoms with Crippen LogP contribution in [0.2, 0.25) is 0 Å². The molecule has 2 N–H and O–H groups in total. The molecule has 17 heavy (non-hydrogen) atoms. The van der Waals surface area contributed by atoms with E-state index in [0.717, 1.165) is 12.1 Å². The summed E-state index contributed by atoms with van der Waals surface area (Å²) in [5, 5.41) is 5.55. The molecule has 1 aromatic carbocycles. The molecule has 86 valence electrons. The van der Waals surface area contributed by atoms with Crippen molar-refractivity contribution in [3.8, 4) is 0 Å². The molecule has 2 heterocycles. The lowest BCUT2D eigenvalue weighted by Gasteiger charge is -2.07. The van der Waals surface area contributed by atoms with Gasteiger partial charge in [0.1, 0.15) is 0 Å². The van der Waals surface area contributed by atoms with Crippen molar-refractivity contribution in [3.05, 3.63) is 51.8 Å². The van der Waals surface area contributed by atoms with Crippen LogP contribution >= 0.6 is 22.7 Å². The van der Waals surface area contributed by atoms with Gasteiger partial charge in [-0.15, -0.1) is 22.7 Å². The number of nitrogens with zero attached hydrogens (tertiary/aromatic N) is 1. The standard InChI is InChI=1S/C13H12N2S2/c14-11(12-7-16-8-15-12)5-9-6-17-13-4-2-1-3-10(9)13/h1-4,6-8,11H,5,14H2.